The van der Waals surface area contributed by atoms with Crippen LogP contribution in [0.3, 0.4) is 0 Å². The van der Waals surface area contributed by atoms with Crippen LogP contribution in [-0.2, 0) is 0 Å². The molecule has 5 rings (SSSR count). The van der Waals surface area contributed by atoms with Crippen LogP contribution >= 0.6 is 0 Å². The van der Waals surface area contributed by atoms with Crippen LogP contribution in [0, 0.1) is 0 Å². The monoisotopic (exact) mass is 377 g/mol. The number of furan rings is 1. The number of imidazole rings is 1. The molecule has 0 spiro atoms. The fraction of sp³-hybridized carbons (Fsp3) is 0. The van der Waals surface area contributed by atoms with Gasteiger partial charge in [0.2, 0.25) is 0 Å². The molecule has 4 heteroatoms. The Bertz CT molecular complexity index is 1180. The zero-order valence-corrected chi connectivity index (χ0v) is 15.7. The number of nitrogens with zero attached hydrogens (tertiary/aromatic N) is 1. The SMILES string of the molecule is Nc1ccc(-c2ccc(-c3nc(-c4ccccc4)c(-c4ccccc4)[nH]3)o2)cc1. The Morgan fingerprint density at radius 2 is 1.24 bits per heavy atom. The molecule has 0 saturated heterocycles. The van der Waals surface area contributed by atoms with Gasteiger partial charge in [0, 0.05) is 22.4 Å². The van der Waals surface area contributed by atoms with Gasteiger partial charge in [-0.25, -0.2) is 4.98 Å². The zero-order valence-electron chi connectivity index (χ0n) is 15.7. The average Bonchev–Trinajstić information content (AvgIpc) is 3.43. The molecule has 2 heterocycles. The maximum Gasteiger partial charge on any atom is 0.174 e. The lowest BCUT2D eigenvalue weighted by Crippen LogP contribution is -1.82. The van der Waals surface area contributed by atoms with E-state index in [0.29, 0.717) is 11.6 Å². The van der Waals surface area contributed by atoms with E-state index < -0.39 is 0 Å². The summed E-state index contributed by atoms with van der Waals surface area (Å²) in [6.07, 6.45) is 0. The van der Waals surface area contributed by atoms with Gasteiger partial charge in [0.15, 0.2) is 11.6 Å². The molecule has 0 bridgehead atoms. The maximum absolute atomic E-state index is 6.10. The second-order valence-corrected chi connectivity index (χ2v) is 6.83. The minimum Gasteiger partial charge on any atom is -0.453 e. The van der Waals surface area contributed by atoms with Gasteiger partial charge in [0.25, 0.3) is 0 Å². The molecule has 29 heavy (non-hydrogen) atoms. The number of hydrogen-bond acceptors (Lipinski definition) is 3. The van der Waals surface area contributed by atoms with Gasteiger partial charge in [0.05, 0.1) is 11.4 Å². The van der Waals surface area contributed by atoms with Crippen molar-refractivity contribution in [3.63, 3.8) is 0 Å². The lowest BCUT2D eigenvalue weighted by Gasteiger charge is -2.02. The van der Waals surface area contributed by atoms with Gasteiger partial charge in [-0.05, 0) is 36.4 Å². The minimum absolute atomic E-state index is 0.691. The summed E-state index contributed by atoms with van der Waals surface area (Å²) < 4.78 is 6.10. The van der Waals surface area contributed by atoms with Crippen LogP contribution in [0.1, 0.15) is 0 Å². The van der Waals surface area contributed by atoms with Crippen LogP contribution in [0.25, 0.3) is 45.4 Å². The van der Waals surface area contributed by atoms with Crippen molar-refractivity contribution >= 4 is 5.69 Å². The summed E-state index contributed by atoms with van der Waals surface area (Å²) in [6, 6.07) is 31.9. The highest BCUT2D eigenvalue weighted by Crippen LogP contribution is 2.34. The molecule has 0 atom stereocenters. The Morgan fingerprint density at radius 3 is 1.93 bits per heavy atom. The molecule has 0 amide bonds. The third-order valence-corrected chi connectivity index (χ3v) is 4.85. The van der Waals surface area contributed by atoms with Gasteiger partial charge < -0.3 is 15.1 Å². The van der Waals surface area contributed by atoms with Crippen molar-refractivity contribution in [2.24, 2.45) is 0 Å². The normalized spacial score (nSPS) is 10.9. The third kappa shape index (κ3) is 3.32. The smallest absolute Gasteiger partial charge is 0.174 e. The number of hydrogen-bond donors (Lipinski definition) is 2. The van der Waals surface area contributed by atoms with E-state index >= 15 is 0 Å². The number of rotatable bonds is 4. The molecule has 5 aromatic rings. The van der Waals surface area contributed by atoms with Crippen LogP contribution < -0.4 is 5.73 Å². The van der Waals surface area contributed by atoms with Crippen LogP contribution in [0.5, 0.6) is 0 Å². The highest BCUT2D eigenvalue weighted by atomic mass is 16.3. The molecule has 4 nitrogen and oxygen atoms in total. The lowest BCUT2D eigenvalue weighted by molar-refractivity contribution is 0.593. The molecule has 0 radical (unpaired) electrons. The first-order valence-corrected chi connectivity index (χ1v) is 9.45. The molecule has 3 N–H and O–H groups in total. The zero-order chi connectivity index (χ0) is 19.6. The largest absolute Gasteiger partial charge is 0.453 e. The topological polar surface area (TPSA) is 67.8 Å². The van der Waals surface area contributed by atoms with Crippen LogP contribution in [0.15, 0.2) is 101 Å². The molecule has 0 unspecified atom stereocenters. The van der Waals surface area contributed by atoms with Gasteiger partial charge in [-0.15, -0.1) is 0 Å². The fourth-order valence-corrected chi connectivity index (χ4v) is 3.38. The molecule has 0 aliphatic carbocycles. The molecule has 140 valence electrons. The Kier molecular flexibility index (Phi) is 4.22. The van der Waals surface area contributed by atoms with E-state index in [1.807, 2.05) is 72.8 Å². The molecular formula is C25H19N3O. The summed E-state index contributed by atoms with van der Waals surface area (Å²) in [5.74, 6) is 2.17. The van der Waals surface area contributed by atoms with E-state index in [0.717, 1.165) is 39.5 Å². The number of aromatic nitrogens is 2. The van der Waals surface area contributed by atoms with Crippen LogP contribution in [0.2, 0.25) is 0 Å². The standard InChI is InChI=1S/C25H19N3O/c26-20-13-11-17(12-14-20)21-15-16-22(29-21)25-27-23(18-7-3-1-4-8-18)24(28-25)19-9-5-2-6-10-19/h1-16H,26H2,(H,27,28). The predicted octanol–water partition coefficient (Wildman–Crippen LogP) is 6.25. The van der Waals surface area contributed by atoms with Gasteiger partial charge in [-0.2, -0.15) is 0 Å². The van der Waals surface area contributed by atoms with Crippen molar-refractivity contribution in [2.75, 3.05) is 5.73 Å². The number of nitrogen functional groups attached to an aromatic ring is 1. The second-order valence-electron chi connectivity index (χ2n) is 6.83. The first kappa shape index (κ1) is 17.1. The van der Waals surface area contributed by atoms with Gasteiger partial charge in [-0.1, -0.05) is 60.7 Å². The summed E-state index contributed by atoms with van der Waals surface area (Å²) in [5, 5.41) is 0. The second kappa shape index (κ2) is 7.17. The summed E-state index contributed by atoms with van der Waals surface area (Å²) in [6.45, 7) is 0. The average molecular weight is 377 g/mol. The molecule has 0 aliphatic heterocycles. The molecular weight excluding hydrogens is 358 g/mol. The molecule has 0 fully saturated rings. The number of anilines is 1. The Balaban J connectivity index is 1.60. The van der Waals surface area contributed by atoms with E-state index in [-0.39, 0.29) is 0 Å². The van der Waals surface area contributed by atoms with Gasteiger partial charge in [0.1, 0.15) is 5.76 Å². The lowest BCUT2D eigenvalue weighted by atomic mass is 10.1. The fourth-order valence-electron chi connectivity index (χ4n) is 3.38. The first-order chi connectivity index (χ1) is 14.3. The molecule has 0 aliphatic rings. The van der Waals surface area contributed by atoms with Gasteiger partial charge in [-0.3, -0.25) is 0 Å². The summed E-state index contributed by atoms with van der Waals surface area (Å²) >= 11 is 0. The summed E-state index contributed by atoms with van der Waals surface area (Å²) in [5.41, 5.74) is 11.5. The quantitative estimate of drug-likeness (QED) is 0.364. The molecule has 0 saturated carbocycles. The molecule has 2 aromatic heterocycles. The van der Waals surface area contributed by atoms with Crippen molar-refractivity contribution in [3.05, 3.63) is 97.1 Å². The Hall–Kier alpha value is -4.05. The number of benzene rings is 3. The summed E-state index contributed by atoms with van der Waals surface area (Å²) in [7, 11) is 0. The first-order valence-electron chi connectivity index (χ1n) is 9.45. The van der Waals surface area contributed by atoms with Crippen molar-refractivity contribution in [3.8, 4) is 45.4 Å². The number of nitrogens with one attached hydrogen (secondary N) is 1. The van der Waals surface area contributed by atoms with Crippen molar-refractivity contribution < 1.29 is 4.42 Å². The van der Waals surface area contributed by atoms with Crippen molar-refractivity contribution in [1.82, 2.24) is 9.97 Å². The van der Waals surface area contributed by atoms with E-state index in [2.05, 4.69) is 29.2 Å². The Morgan fingerprint density at radius 1 is 0.621 bits per heavy atom. The minimum atomic E-state index is 0.691. The molecule has 3 aromatic carbocycles. The van der Waals surface area contributed by atoms with Gasteiger partial charge >= 0.3 is 0 Å². The van der Waals surface area contributed by atoms with E-state index in [1.54, 1.807) is 0 Å². The highest BCUT2D eigenvalue weighted by molar-refractivity contribution is 5.80. The number of nitrogens with two attached hydrogens (primary N) is 1. The highest BCUT2D eigenvalue weighted by Gasteiger charge is 2.17. The van der Waals surface area contributed by atoms with E-state index in [9.17, 15) is 0 Å². The third-order valence-electron chi connectivity index (χ3n) is 4.85. The Labute approximate surface area is 168 Å². The number of H-pyrrole nitrogens is 1. The van der Waals surface area contributed by atoms with E-state index in [1.165, 1.54) is 0 Å². The summed E-state index contributed by atoms with van der Waals surface area (Å²) in [4.78, 5) is 8.34. The van der Waals surface area contributed by atoms with E-state index in [4.69, 9.17) is 15.1 Å². The van der Waals surface area contributed by atoms with Crippen LogP contribution in [-0.4, -0.2) is 9.97 Å². The maximum atomic E-state index is 6.10. The number of aromatic amines is 1. The van der Waals surface area contributed by atoms with Crippen molar-refractivity contribution in [1.29, 1.82) is 0 Å². The van der Waals surface area contributed by atoms with Crippen molar-refractivity contribution in [2.45, 2.75) is 0 Å². The predicted molar refractivity (Wildman–Crippen MR) is 117 cm³/mol. The van der Waals surface area contributed by atoms with Crippen LogP contribution in [0.4, 0.5) is 5.69 Å².